The fourth-order valence-corrected chi connectivity index (χ4v) is 4.96. The summed E-state index contributed by atoms with van der Waals surface area (Å²) >= 11 is 0. The van der Waals surface area contributed by atoms with Crippen molar-refractivity contribution in [3.8, 4) is 0 Å². The molecule has 1 N–H and O–H groups in total. The van der Waals surface area contributed by atoms with Crippen LogP contribution in [0, 0.1) is 6.92 Å². The zero-order valence-electron chi connectivity index (χ0n) is 17.6. The Bertz CT molecular complexity index is 940. The molecule has 0 aliphatic carbocycles. The van der Waals surface area contributed by atoms with Crippen molar-refractivity contribution in [3.05, 3.63) is 27.4 Å². The molecule has 4 heterocycles. The highest BCUT2D eigenvalue weighted by molar-refractivity contribution is 6.05. The molecule has 2 atom stereocenters. The van der Waals surface area contributed by atoms with Crippen LogP contribution < -0.4 is 10.9 Å². The first-order valence-corrected chi connectivity index (χ1v) is 10.9. The number of hydrogen-bond donors (Lipinski definition) is 1. The number of imide groups is 1. The maximum absolute atomic E-state index is 13.0. The number of amides is 4. The van der Waals surface area contributed by atoms with E-state index in [1.54, 1.807) is 4.90 Å². The average molecular weight is 415 g/mol. The number of likely N-dealkylation sites (tertiary alicyclic amines) is 1. The molecule has 1 aromatic heterocycles. The van der Waals surface area contributed by atoms with Gasteiger partial charge in [-0.1, -0.05) is 6.92 Å². The van der Waals surface area contributed by atoms with E-state index in [0.29, 0.717) is 31.6 Å². The Morgan fingerprint density at radius 2 is 2.00 bits per heavy atom. The van der Waals surface area contributed by atoms with E-state index in [1.807, 2.05) is 13.8 Å². The molecular weight excluding hydrogens is 386 g/mol. The van der Waals surface area contributed by atoms with E-state index in [-0.39, 0.29) is 29.7 Å². The van der Waals surface area contributed by atoms with Gasteiger partial charge in [0.05, 0.1) is 6.42 Å². The zero-order valence-corrected chi connectivity index (χ0v) is 17.6. The van der Waals surface area contributed by atoms with Crippen LogP contribution in [0.4, 0.5) is 4.79 Å². The summed E-state index contributed by atoms with van der Waals surface area (Å²) in [5.74, 6) is 0.477. The van der Waals surface area contributed by atoms with Gasteiger partial charge in [0.15, 0.2) is 0 Å². The smallest absolute Gasteiger partial charge is 0.324 e. The van der Waals surface area contributed by atoms with Crippen LogP contribution in [0.3, 0.4) is 0 Å². The number of aryl methyl sites for hydroxylation is 1. The molecule has 3 aliphatic heterocycles. The largest absolute Gasteiger partial charge is 0.342 e. The number of hydrogen-bond acceptors (Lipinski definition) is 5. The molecule has 30 heavy (non-hydrogen) atoms. The summed E-state index contributed by atoms with van der Waals surface area (Å²) in [5.41, 5.74) is 1.52. The van der Waals surface area contributed by atoms with Crippen molar-refractivity contribution in [2.24, 2.45) is 0 Å². The van der Waals surface area contributed by atoms with E-state index in [0.717, 1.165) is 43.7 Å². The van der Waals surface area contributed by atoms with Crippen molar-refractivity contribution in [1.82, 2.24) is 24.7 Å². The van der Waals surface area contributed by atoms with Gasteiger partial charge in [0, 0.05) is 49.8 Å². The molecule has 2 saturated heterocycles. The molecule has 3 aliphatic rings. The van der Waals surface area contributed by atoms with Gasteiger partial charge >= 0.3 is 6.03 Å². The Morgan fingerprint density at radius 3 is 2.77 bits per heavy atom. The predicted octanol–water partition coefficient (Wildman–Crippen LogP) is 0.924. The zero-order chi connectivity index (χ0) is 21.4. The van der Waals surface area contributed by atoms with Gasteiger partial charge in [0.25, 0.3) is 11.5 Å². The van der Waals surface area contributed by atoms with E-state index in [9.17, 15) is 19.2 Å². The number of aromatic nitrogens is 2. The summed E-state index contributed by atoms with van der Waals surface area (Å²) in [6, 6.07) is -1.20. The van der Waals surface area contributed by atoms with Crippen LogP contribution in [0.5, 0.6) is 0 Å². The highest BCUT2D eigenvalue weighted by Gasteiger charge is 2.40. The second-order valence-electron chi connectivity index (χ2n) is 8.47. The molecule has 0 saturated carbocycles. The van der Waals surface area contributed by atoms with Crippen molar-refractivity contribution in [3.63, 3.8) is 0 Å². The fourth-order valence-electron chi connectivity index (χ4n) is 4.96. The first-order chi connectivity index (χ1) is 14.4. The maximum Gasteiger partial charge on any atom is 0.324 e. The standard InChI is InChI=1S/C21H29N5O4/c1-3-8-26-20(29)15(22-21(26)30)11-17(27)24-9-4-6-14(12-24)18-13(2)19(28)23-16-7-5-10-25(16)18/h14-15H,3-12H2,1-2H3,(H,22,30)/t14-,15+/m0/s1. The van der Waals surface area contributed by atoms with Crippen LogP contribution in [0.1, 0.15) is 62.0 Å². The number of urea groups is 1. The third-order valence-electron chi connectivity index (χ3n) is 6.41. The lowest BCUT2D eigenvalue weighted by Gasteiger charge is -2.35. The van der Waals surface area contributed by atoms with Gasteiger partial charge in [-0.2, -0.15) is 4.98 Å². The lowest BCUT2D eigenvalue weighted by molar-refractivity contribution is -0.136. The molecule has 2 fully saturated rings. The lowest BCUT2D eigenvalue weighted by atomic mass is 9.91. The molecule has 9 heteroatoms. The van der Waals surface area contributed by atoms with Crippen LogP contribution in [0.15, 0.2) is 4.79 Å². The Morgan fingerprint density at radius 1 is 1.20 bits per heavy atom. The maximum atomic E-state index is 13.0. The summed E-state index contributed by atoms with van der Waals surface area (Å²) in [7, 11) is 0. The van der Waals surface area contributed by atoms with E-state index in [4.69, 9.17) is 0 Å². The van der Waals surface area contributed by atoms with Crippen LogP contribution in [0.25, 0.3) is 0 Å². The Balaban J connectivity index is 1.48. The summed E-state index contributed by atoms with van der Waals surface area (Å²) in [4.78, 5) is 56.9. The number of carbonyl (C=O) groups excluding carboxylic acids is 3. The highest BCUT2D eigenvalue weighted by atomic mass is 16.2. The van der Waals surface area contributed by atoms with Crippen molar-refractivity contribution in [1.29, 1.82) is 0 Å². The second-order valence-corrected chi connectivity index (χ2v) is 8.47. The fraction of sp³-hybridized carbons (Fsp3) is 0.667. The van der Waals surface area contributed by atoms with E-state index >= 15 is 0 Å². The molecule has 0 unspecified atom stereocenters. The average Bonchev–Trinajstić information content (AvgIpc) is 3.28. The predicted molar refractivity (Wildman–Crippen MR) is 109 cm³/mol. The summed E-state index contributed by atoms with van der Waals surface area (Å²) in [5, 5.41) is 2.64. The highest BCUT2D eigenvalue weighted by Crippen LogP contribution is 2.31. The van der Waals surface area contributed by atoms with Crippen molar-refractivity contribution in [2.45, 2.75) is 70.9 Å². The topological polar surface area (TPSA) is 105 Å². The summed E-state index contributed by atoms with van der Waals surface area (Å²) in [6.45, 7) is 6.10. The van der Waals surface area contributed by atoms with Crippen LogP contribution >= 0.6 is 0 Å². The molecule has 4 amide bonds. The van der Waals surface area contributed by atoms with Crippen molar-refractivity contribution < 1.29 is 14.4 Å². The van der Waals surface area contributed by atoms with E-state index < -0.39 is 12.1 Å². The molecule has 0 bridgehead atoms. The number of nitrogens with one attached hydrogen (secondary N) is 1. The molecule has 0 spiro atoms. The number of fused-ring (bicyclic) bond motifs is 1. The van der Waals surface area contributed by atoms with Crippen LogP contribution in [-0.4, -0.2) is 62.9 Å². The minimum atomic E-state index is -0.786. The number of carbonyl (C=O) groups is 3. The van der Waals surface area contributed by atoms with Gasteiger partial charge < -0.3 is 14.8 Å². The molecule has 1 aromatic rings. The third kappa shape index (κ3) is 3.61. The van der Waals surface area contributed by atoms with Gasteiger partial charge in [0.2, 0.25) is 5.91 Å². The first-order valence-electron chi connectivity index (χ1n) is 10.9. The number of piperidine rings is 1. The van der Waals surface area contributed by atoms with Gasteiger partial charge in [-0.15, -0.1) is 0 Å². The molecule has 9 nitrogen and oxygen atoms in total. The summed E-state index contributed by atoms with van der Waals surface area (Å²) in [6.07, 6.45) is 4.21. The van der Waals surface area contributed by atoms with Crippen molar-refractivity contribution >= 4 is 17.8 Å². The Kier molecular flexibility index (Phi) is 5.62. The monoisotopic (exact) mass is 415 g/mol. The minimum absolute atomic E-state index is 0.0229. The Hall–Kier alpha value is -2.71. The van der Waals surface area contributed by atoms with Crippen LogP contribution in [0.2, 0.25) is 0 Å². The van der Waals surface area contributed by atoms with E-state index in [1.165, 1.54) is 4.90 Å². The SMILES string of the molecule is CCCN1C(=O)N[C@H](CC(=O)N2CCC[C@H](c3c(C)c(=O)nc4n3CCC4)C2)C1=O. The molecule has 0 radical (unpaired) electrons. The van der Waals surface area contributed by atoms with Crippen LogP contribution in [-0.2, 0) is 22.6 Å². The first kappa shape index (κ1) is 20.6. The molecule has 4 rings (SSSR count). The van der Waals surface area contributed by atoms with Gasteiger partial charge in [-0.05, 0) is 32.6 Å². The van der Waals surface area contributed by atoms with Gasteiger partial charge in [-0.3, -0.25) is 19.3 Å². The molecule has 0 aromatic carbocycles. The van der Waals surface area contributed by atoms with E-state index in [2.05, 4.69) is 14.9 Å². The minimum Gasteiger partial charge on any atom is -0.342 e. The normalized spacial score (nSPS) is 23.7. The Labute approximate surface area is 175 Å². The summed E-state index contributed by atoms with van der Waals surface area (Å²) < 4.78 is 2.17. The van der Waals surface area contributed by atoms with Gasteiger partial charge in [0.1, 0.15) is 11.9 Å². The third-order valence-corrected chi connectivity index (χ3v) is 6.41. The molecule has 162 valence electrons. The second kappa shape index (κ2) is 8.20. The number of rotatable bonds is 5. The molecular formula is C21H29N5O4. The quantitative estimate of drug-likeness (QED) is 0.720. The van der Waals surface area contributed by atoms with Crippen molar-refractivity contribution in [2.75, 3.05) is 19.6 Å². The number of nitrogens with zero attached hydrogens (tertiary/aromatic N) is 4. The lowest BCUT2D eigenvalue weighted by Crippen LogP contribution is -2.44. The van der Waals surface area contributed by atoms with Gasteiger partial charge in [-0.25, -0.2) is 4.79 Å².